The number of benzene rings is 3. The predicted octanol–water partition coefficient (Wildman–Crippen LogP) is 4.58. The summed E-state index contributed by atoms with van der Waals surface area (Å²) in [5, 5.41) is 2.22. The van der Waals surface area contributed by atoms with Crippen molar-refractivity contribution in [3.8, 4) is 39.9 Å². The lowest BCUT2D eigenvalue weighted by Gasteiger charge is -2.13. The van der Waals surface area contributed by atoms with E-state index in [-0.39, 0.29) is 13.6 Å². The molecule has 0 fully saturated rings. The van der Waals surface area contributed by atoms with Crippen LogP contribution in [0.25, 0.3) is 21.9 Å². The highest BCUT2D eigenvalue weighted by Gasteiger charge is 2.21. The quantitative estimate of drug-likeness (QED) is 0.538. The Bertz CT molecular complexity index is 1010. The highest BCUT2D eigenvalue weighted by Crippen LogP contribution is 2.46. The van der Waals surface area contributed by atoms with Crippen LogP contribution in [0.3, 0.4) is 0 Å². The standard InChI is InChI=1S/C19H13IO5/c1-21-14-7-18-17(24-9-25-18)6-13(14)11-3-2-10-4-15-16(23-8-22-15)5-12(10)19(11)20/h2-7H,8-9H2,1H3. The van der Waals surface area contributed by atoms with E-state index in [4.69, 9.17) is 23.7 Å². The molecule has 0 radical (unpaired) electrons. The Hall–Kier alpha value is -2.35. The van der Waals surface area contributed by atoms with Gasteiger partial charge >= 0.3 is 0 Å². The normalized spacial score (nSPS) is 14.2. The van der Waals surface area contributed by atoms with Crippen molar-refractivity contribution in [1.82, 2.24) is 0 Å². The summed E-state index contributed by atoms with van der Waals surface area (Å²) in [4.78, 5) is 0. The molecule has 0 spiro atoms. The zero-order valence-electron chi connectivity index (χ0n) is 13.3. The Morgan fingerprint density at radius 1 is 0.800 bits per heavy atom. The molecule has 3 aromatic rings. The molecule has 0 aromatic heterocycles. The number of fused-ring (bicyclic) bond motifs is 3. The van der Waals surface area contributed by atoms with Gasteiger partial charge in [0.05, 0.1) is 7.11 Å². The lowest BCUT2D eigenvalue weighted by atomic mass is 9.99. The van der Waals surface area contributed by atoms with E-state index in [1.807, 2.05) is 24.3 Å². The van der Waals surface area contributed by atoms with Crippen molar-refractivity contribution >= 4 is 33.4 Å². The minimum Gasteiger partial charge on any atom is -0.496 e. The third-order valence-corrected chi connectivity index (χ3v) is 5.59. The molecule has 25 heavy (non-hydrogen) atoms. The molecular formula is C19H13IO5. The topological polar surface area (TPSA) is 46.2 Å². The molecule has 126 valence electrons. The highest BCUT2D eigenvalue weighted by atomic mass is 127. The summed E-state index contributed by atoms with van der Waals surface area (Å²) < 4.78 is 28.7. The lowest BCUT2D eigenvalue weighted by Crippen LogP contribution is -1.93. The van der Waals surface area contributed by atoms with E-state index >= 15 is 0 Å². The summed E-state index contributed by atoms with van der Waals surface area (Å²) in [5.41, 5.74) is 2.04. The average Bonchev–Trinajstić information content (AvgIpc) is 3.27. The van der Waals surface area contributed by atoms with Crippen LogP contribution in [0.2, 0.25) is 0 Å². The van der Waals surface area contributed by atoms with Gasteiger partial charge in [0.1, 0.15) is 5.75 Å². The maximum Gasteiger partial charge on any atom is 0.231 e. The van der Waals surface area contributed by atoms with Crippen molar-refractivity contribution in [3.63, 3.8) is 0 Å². The van der Waals surface area contributed by atoms with Gasteiger partial charge in [-0.05, 0) is 57.1 Å². The molecule has 2 aliphatic rings. The zero-order valence-corrected chi connectivity index (χ0v) is 15.5. The van der Waals surface area contributed by atoms with Crippen molar-refractivity contribution in [3.05, 3.63) is 40.0 Å². The van der Waals surface area contributed by atoms with Gasteiger partial charge in [0.25, 0.3) is 0 Å². The van der Waals surface area contributed by atoms with Crippen LogP contribution in [0, 0.1) is 3.57 Å². The van der Waals surface area contributed by atoms with Gasteiger partial charge < -0.3 is 23.7 Å². The predicted molar refractivity (Wildman–Crippen MR) is 101 cm³/mol. The van der Waals surface area contributed by atoms with Crippen LogP contribution in [0.5, 0.6) is 28.7 Å². The third kappa shape index (κ3) is 2.27. The molecule has 6 heteroatoms. The first-order valence-electron chi connectivity index (χ1n) is 7.74. The SMILES string of the molecule is COc1cc2c(cc1-c1ccc3cc4c(cc3c1I)OCO4)OCO2. The average molecular weight is 448 g/mol. The van der Waals surface area contributed by atoms with Crippen molar-refractivity contribution in [1.29, 1.82) is 0 Å². The minimum absolute atomic E-state index is 0.236. The van der Waals surface area contributed by atoms with E-state index in [2.05, 4.69) is 34.7 Å². The summed E-state index contributed by atoms with van der Waals surface area (Å²) in [5.74, 6) is 3.76. The molecule has 3 aromatic carbocycles. The van der Waals surface area contributed by atoms with Gasteiger partial charge in [0.2, 0.25) is 13.6 Å². The summed E-state index contributed by atoms with van der Waals surface area (Å²) in [7, 11) is 1.66. The maximum atomic E-state index is 5.58. The Labute approximate surface area is 157 Å². The van der Waals surface area contributed by atoms with Crippen molar-refractivity contribution in [2.45, 2.75) is 0 Å². The molecule has 0 amide bonds. The van der Waals surface area contributed by atoms with E-state index in [9.17, 15) is 0 Å². The van der Waals surface area contributed by atoms with Crippen LogP contribution in [0.15, 0.2) is 36.4 Å². The Kier molecular flexibility index (Phi) is 3.34. The number of halogens is 1. The van der Waals surface area contributed by atoms with E-state index < -0.39 is 0 Å². The summed E-state index contributed by atoms with van der Waals surface area (Å²) in [6.07, 6.45) is 0. The second-order valence-electron chi connectivity index (χ2n) is 5.76. The Balaban J connectivity index is 1.73. The van der Waals surface area contributed by atoms with Crippen LogP contribution < -0.4 is 23.7 Å². The van der Waals surface area contributed by atoms with Crippen LogP contribution >= 0.6 is 22.6 Å². The molecule has 5 rings (SSSR count). The monoisotopic (exact) mass is 448 g/mol. The van der Waals surface area contributed by atoms with Crippen LogP contribution in [-0.2, 0) is 0 Å². The van der Waals surface area contributed by atoms with Gasteiger partial charge in [0.15, 0.2) is 23.0 Å². The molecule has 2 heterocycles. The van der Waals surface area contributed by atoms with Crippen molar-refractivity contribution in [2.75, 3.05) is 20.7 Å². The number of methoxy groups -OCH3 is 1. The van der Waals surface area contributed by atoms with Gasteiger partial charge in [0, 0.05) is 15.2 Å². The molecule has 0 unspecified atom stereocenters. The summed E-state index contributed by atoms with van der Waals surface area (Å²) in [6, 6.07) is 12.1. The molecule has 0 N–H and O–H groups in total. The largest absolute Gasteiger partial charge is 0.496 e. The zero-order chi connectivity index (χ0) is 17.0. The number of ether oxygens (including phenoxy) is 5. The molecule has 5 nitrogen and oxygen atoms in total. The summed E-state index contributed by atoms with van der Waals surface area (Å²) >= 11 is 2.36. The number of hydrogen-bond acceptors (Lipinski definition) is 5. The Morgan fingerprint density at radius 2 is 1.44 bits per heavy atom. The fourth-order valence-electron chi connectivity index (χ4n) is 3.19. The second kappa shape index (κ2) is 5.59. The van der Waals surface area contributed by atoms with Gasteiger partial charge in [-0.15, -0.1) is 0 Å². The fourth-order valence-corrected chi connectivity index (χ4v) is 4.13. The number of rotatable bonds is 2. The van der Waals surface area contributed by atoms with Gasteiger partial charge in [-0.3, -0.25) is 0 Å². The van der Waals surface area contributed by atoms with Crippen LogP contribution in [0.4, 0.5) is 0 Å². The van der Waals surface area contributed by atoms with Gasteiger partial charge in [-0.1, -0.05) is 12.1 Å². The maximum absolute atomic E-state index is 5.58. The van der Waals surface area contributed by atoms with E-state index in [1.54, 1.807) is 7.11 Å². The first-order valence-corrected chi connectivity index (χ1v) is 8.82. The van der Waals surface area contributed by atoms with E-state index in [0.717, 1.165) is 48.5 Å². The molecule has 0 aliphatic carbocycles. The highest BCUT2D eigenvalue weighted by molar-refractivity contribution is 14.1. The summed E-state index contributed by atoms with van der Waals surface area (Å²) in [6.45, 7) is 0.505. The lowest BCUT2D eigenvalue weighted by molar-refractivity contribution is 0.173. The Morgan fingerprint density at radius 3 is 2.16 bits per heavy atom. The minimum atomic E-state index is 0.236. The van der Waals surface area contributed by atoms with E-state index in [1.165, 1.54) is 0 Å². The molecule has 0 atom stereocenters. The molecule has 0 saturated heterocycles. The fraction of sp³-hybridized carbons (Fsp3) is 0.158. The first kappa shape index (κ1) is 14.9. The van der Waals surface area contributed by atoms with Crippen LogP contribution in [-0.4, -0.2) is 20.7 Å². The first-order chi connectivity index (χ1) is 12.2. The van der Waals surface area contributed by atoms with Crippen molar-refractivity contribution in [2.24, 2.45) is 0 Å². The number of hydrogen-bond donors (Lipinski definition) is 0. The molecular weight excluding hydrogens is 435 g/mol. The van der Waals surface area contributed by atoms with Crippen LogP contribution in [0.1, 0.15) is 0 Å². The van der Waals surface area contributed by atoms with E-state index in [0.29, 0.717) is 5.75 Å². The molecule has 0 bridgehead atoms. The van der Waals surface area contributed by atoms with Crippen molar-refractivity contribution < 1.29 is 23.7 Å². The molecule has 2 aliphatic heterocycles. The molecule has 0 saturated carbocycles. The van der Waals surface area contributed by atoms with Gasteiger partial charge in [-0.25, -0.2) is 0 Å². The smallest absolute Gasteiger partial charge is 0.231 e. The van der Waals surface area contributed by atoms with Gasteiger partial charge in [-0.2, -0.15) is 0 Å². The third-order valence-electron chi connectivity index (χ3n) is 4.43. The second-order valence-corrected chi connectivity index (χ2v) is 6.84.